The Bertz CT molecular complexity index is 1550. The lowest BCUT2D eigenvalue weighted by Crippen LogP contribution is -2.29. The fourth-order valence-corrected chi connectivity index (χ4v) is 5.69. The number of halogens is 1. The summed E-state index contributed by atoms with van der Waals surface area (Å²) in [5, 5.41) is 16.7. The third-order valence-electron chi connectivity index (χ3n) is 5.23. The van der Waals surface area contributed by atoms with Gasteiger partial charge in [0.15, 0.2) is 0 Å². The largest absolute Gasteiger partial charge is 0.324 e. The highest BCUT2D eigenvalue weighted by Gasteiger charge is 2.30. The molecule has 0 atom stereocenters. The number of carbonyl (C=O) groups is 3. The van der Waals surface area contributed by atoms with Gasteiger partial charge < -0.3 is 0 Å². The van der Waals surface area contributed by atoms with Crippen LogP contribution in [0.5, 0.6) is 0 Å². The monoisotopic (exact) mass is 583 g/mol. The summed E-state index contributed by atoms with van der Waals surface area (Å²) in [6.45, 7) is 0. The summed E-state index contributed by atoms with van der Waals surface area (Å²) in [5.41, 5.74) is 1.33. The second kappa shape index (κ2) is 9.68. The lowest BCUT2D eigenvalue weighted by Gasteiger charge is -2.16. The fourth-order valence-electron chi connectivity index (χ4n) is 3.53. The summed E-state index contributed by atoms with van der Waals surface area (Å²) < 4.78 is 1.69. The van der Waals surface area contributed by atoms with Crippen molar-refractivity contribution in [1.29, 1.82) is 0 Å². The number of rotatable bonds is 6. The molecule has 0 unspecified atom stereocenters. The SMILES string of the molecule is O=C(c1ccc(N2C(=O)CCC2=O)cc1)N(/N=C/c1ccc([N+](=O)[O-])s1)c1nc2ccc(Br)cc2s1. The Kier molecular flexibility index (Phi) is 6.43. The quantitative estimate of drug-likeness (QED) is 0.130. The fraction of sp³-hybridized carbons (Fsp3) is 0.0870. The van der Waals surface area contributed by atoms with Crippen molar-refractivity contribution in [2.75, 3.05) is 9.91 Å². The molecular weight excluding hydrogens is 570 g/mol. The average Bonchev–Trinajstić information content (AvgIpc) is 3.58. The third-order valence-corrected chi connectivity index (χ3v) is 7.69. The molecule has 0 spiro atoms. The molecule has 2 aromatic carbocycles. The number of amides is 3. The predicted molar refractivity (Wildman–Crippen MR) is 141 cm³/mol. The number of nitro groups is 1. The van der Waals surface area contributed by atoms with Crippen LogP contribution in [0.2, 0.25) is 0 Å². The first-order chi connectivity index (χ1) is 17.3. The van der Waals surface area contributed by atoms with E-state index in [4.69, 9.17) is 0 Å². The highest BCUT2D eigenvalue weighted by molar-refractivity contribution is 9.10. The molecule has 0 N–H and O–H groups in total. The van der Waals surface area contributed by atoms with E-state index in [0.29, 0.717) is 21.2 Å². The highest BCUT2D eigenvalue weighted by atomic mass is 79.9. The first-order valence-electron chi connectivity index (χ1n) is 10.4. The molecule has 3 amide bonds. The molecule has 2 aromatic heterocycles. The number of carbonyl (C=O) groups excluding carboxylic acids is 3. The van der Waals surface area contributed by atoms with Crippen LogP contribution in [0.15, 0.2) is 64.2 Å². The summed E-state index contributed by atoms with van der Waals surface area (Å²) >= 11 is 5.62. The number of fused-ring (bicyclic) bond motifs is 1. The smallest absolute Gasteiger partial charge is 0.274 e. The van der Waals surface area contributed by atoms with Gasteiger partial charge in [-0.2, -0.15) is 10.1 Å². The summed E-state index contributed by atoms with van der Waals surface area (Å²) in [5.74, 6) is -1.06. The van der Waals surface area contributed by atoms with Gasteiger partial charge in [0, 0.05) is 28.9 Å². The lowest BCUT2D eigenvalue weighted by molar-refractivity contribution is -0.380. The molecule has 0 saturated carbocycles. The molecule has 5 rings (SSSR count). The summed E-state index contributed by atoms with van der Waals surface area (Å²) in [6, 6.07) is 14.5. The van der Waals surface area contributed by atoms with Crippen molar-refractivity contribution < 1.29 is 19.3 Å². The van der Waals surface area contributed by atoms with Gasteiger partial charge in [0.2, 0.25) is 16.9 Å². The maximum atomic E-state index is 13.5. The first kappa shape index (κ1) is 23.9. The van der Waals surface area contributed by atoms with Gasteiger partial charge in [-0.15, -0.1) is 0 Å². The van der Waals surface area contributed by atoms with E-state index < -0.39 is 10.8 Å². The van der Waals surface area contributed by atoms with Gasteiger partial charge in [-0.1, -0.05) is 38.6 Å². The van der Waals surface area contributed by atoms with E-state index in [1.165, 1.54) is 47.9 Å². The number of hydrogen-bond donors (Lipinski definition) is 0. The molecule has 10 nitrogen and oxygen atoms in total. The lowest BCUT2D eigenvalue weighted by atomic mass is 10.2. The van der Waals surface area contributed by atoms with Gasteiger partial charge in [0.1, 0.15) is 0 Å². The predicted octanol–water partition coefficient (Wildman–Crippen LogP) is 5.36. The molecule has 3 heterocycles. The van der Waals surface area contributed by atoms with Gasteiger partial charge in [0.25, 0.3) is 5.91 Å². The van der Waals surface area contributed by atoms with Crippen LogP contribution in [0.1, 0.15) is 28.1 Å². The van der Waals surface area contributed by atoms with Crippen molar-refractivity contribution in [3.05, 3.63) is 79.6 Å². The molecule has 1 fully saturated rings. The van der Waals surface area contributed by atoms with Crippen LogP contribution in [-0.4, -0.2) is 33.8 Å². The zero-order valence-corrected chi connectivity index (χ0v) is 21.4. The molecule has 0 bridgehead atoms. The van der Waals surface area contributed by atoms with Crippen molar-refractivity contribution >= 4 is 88.6 Å². The van der Waals surface area contributed by atoms with E-state index >= 15 is 0 Å². The maximum absolute atomic E-state index is 13.5. The molecule has 36 heavy (non-hydrogen) atoms. The normalized spacial score (nSPS) is 13.8. The molecule has 13 heteroatoms. The van der Waals surface area contributed by atoms with Crippen molar-refractivity contribution in [1.82, 2.24) is 4.98 Å². The minimum atomic E-state index is -0.499. The van der Waals surface area contributed by atoms with Crippen LogP contribution in [-0.2, 0) is 9.59 Å². The number of anilines is 2. The molecule has 180 valence electrons. The Morgan fingerprint density at radius 3 is 2.47 bits per heavy atom. The van der Waals surface area contributed by atoms with Crippen LogP contribution >= 0.6 is 38.6 Å². The number of thiazole rings is 1. The molecule has 1 saturated heterocycles. The number of imide groups is 1. The van der Waals surface area contributed by atoms with E-state index in [2.05, 4.69) is 26.0 Å². The second-order valence-corrected chi connectivity index (χ2v) is 10.6. The van der Waals surface area contributed by atoms with Gasteiger partial charge in [-0.3, -0.25) is 29.4 Å². The van der Waals surface area contributed by atoms with Crippen LogP contribution in [0.25, 0.3) is 10.2 Å². The minimum Gasteiger partial charge on any atom is -0.274 e. The molecule has 4 aromatic rings. The van der Waals surface area contributed by atoms with Gasteiger partial charge in [-0.05, 0) is 48.5 Å². The summed E-state index contributed by atoms with van der Waals surface area (Å²) in [6.07, 6.45) is 1.70. The van der Waals surface area contributed by atoms with E-state index in [1.807, 2.05) is 18.2 Å². The number of thiophene rings is 1. The summed E-state index contributed by atoms with van der Waals surface area (Å²) in [4.78, 5) is 54.2. The Labute approximate surface area is 219 Å². The van der Waals surface area contributed by atoms with Crippen LogP contribution in [0.3, 0.4) is 0 Å². The average molecular weight is 584 g/mol. The Hall–Kier alpha value is -3.81. The molecule has 0 aliphatic carbocycles. The first-order valence-corrected chi connectivity index (χ1v) is 12.9. The maximum Gasteiger partial charge on any atom is 0.324 e. The molecular formula is C23H14BrN5O5S2. The van der Waals surface area contributed by atoms with Gasteiger partial charge in [-0.25, -0.2) is 4.98 Å². The van der Waals surface area contributed by atoms with Crippen LogP contribution in [0.4, 0.5) is 15.8 Å². The topological polar surface area (TPSA) is 126 Å². The number of hydrazone groups is 1. The van der Waals surface area contributed by atoms with Crippen LogP contribution in [0, 0.1) is 10.1 Å². The van der Waals surface area contributed by atoms with Gasteiger partial charge >= 0.3 is 5.00 Å². The zero-order valence-electron chi connectivity index (χ0n) is 18.2. The standard InChI is InChI=1S/C23H14BrN5O5S2/c24-14-3-7-17-18(11-14)36-23(26-17)28(25-12-16-6-10-21(35-16)29(33)34)22(32)13-1-4-15(5-2-13)27-19(30)8-9-20(27)31/h1-7,10-12H,8-9H2/b25-12+. The Balaban J connectivity index is 1.49. The zero-order chi connectivity index (χ0) is 25.4. The molecule has 1 aliphatic rings. The Morgan fingerprint density at radius 2 is 1.81 bits per heavy atom. The number of hydrogen-bond acceptors (Lipinski definition) is 9. The van der Waals surface area contributed by atoms with Crippen molar-refractivity contribution in [2.24, 2.45) is 5.10 Å². The Morgan fingerprint density at radius 1 is 1.08 bits per heavy atom. The van der Waals surface area contributed by atoms with E-state index in [1.54, 1.807) is 6.07 Å². The number of nitrogens with zero attached hydrogens (tertiary/aromatic N) is 5. The number of benzene rings is 2. The van der Waals surface area contributed by atoms with Crippen molar-refractivity contribution in [3.63, 3.8) is 0 Å². The minimum absolute atomic E-state index is 0.0410. The van der Waals surface area contributed by atoms with E-state index in [-0.39, 0.29) is 35.2 Å². The van der Waals surface area contributed by atoms with Crippen molar-refractivity contribution in [3.8, 4) is 0 Å². The molecule has 0 radical (unpaired) electrons. The highest BCUT2D eigenvalue weighted by Crippen LogP contribution is 2.32. The van der Waals surface area contributed by atoms with E-state index in [9.17, 15) is 24.5 Å². The van der Waals surface area contributed by atoms with Crippen molar-refractivity contribution in [2.45, 2.75) is 12.8 Å². The third kappa shape index (κ3) is 4.67. The second-order valence-electron chi connectivity index (χ2n) is 7.57. The van der Waals surface area contributed by atoms with Gasteiger partial charge in [0.05, 0.1) is 31.9 Å². The van der Waals surface area contributed by atoms with Crippen LogP contribution < -0.4 is 9.91 Å². The molecule has 1 aliphatic heterocycles. The van der Waals surface area contributed by atoms with E-state index in [0.717, 1.165) is 30.4 Å². The number of aromatic nitrogens is 1. The summed E-state index contributed by atoms with van der Waals surface area (Å²) in [7, 11) is 0.